The Morgan fingerprint density at radius 1 is 1.18 bits per heavy atom. The van der Waals surface area contributed by atoms with Gasteiger partial charge in [0.25, 0.3) is 0 Å². The molecule has 3 heterocycles. The van der Waals surface area contributed by atoms with Gasteiger partial charge >= 0.3 is 5.63 Å². The highest BCUT2D eigenvalue weighted by Gasteiger charge is 2.19. The van der Waals surface area contributed by atoms with Crippen molar-refractivity contribution in [3.8, 4) is 0 Å². The number of anilines is 1. The van der Waals surface area contributed by atoms with Crippen LogP contribution in [0.4, 0.5) is 5.82 Å². The number of pyridine rings is 1. The average molecular weight is 380 g/mol. The highest BCUT2D eigenvalue weighted by atomic mass is 16.4. The average Bonchev–Trinajstić information content (AvgIpc) is 2.68. The summed E-state index contributed by atoms with van der Waals surface area (Å²) in [5.41, 5.74) is 1.37. The van der Waals surface area contributed by atoms with E-state index in [9.17, 15) is 9.59 Å². The third kappa shape index (κ3) is 3.63. The molecule has 146 valence electrons. The summed E-state index contributed by atoms with van der Waals surface area (Å²) in [4.78, 5) is 34.0. The van der Waals surface area contributed by atoms with Crippen LogP contribution in [0.15, 0.2) is 39.5 Å². The van der Waals surface area contributed by atoms with Crippen LogP contribution in [-0.2, 0) is 4.79 Å². The molecule has 2 aromatic heterocycles. The second-order valence-corrected chi connectivity index (χ2v) is 7.19. The number of fused-ring (bicyclic) bond motifs is 3. The summed E-state index contributed by atoms with van der Waals surface area (Å²) >= 11 is 0. The molecule has 0 radical (unpaired) electrons. The summed E-state index contributed by atoms with van der Waals surface area (Å²) in [6, 6.07) is 9.02. The third-order valence-electron chi connectivity index (χ3n) is 5.31. The van der Waals surface area contributed by atoms with E-state index in [2.05, 4.69) is 27.0 Å². The Morgan fingerprint density at radius 2 is 1.89 bits per heavy atom. The largest absolute Gasteiger partial charge is 0.422 e. The molecule has 0 unspecified atom stereocenters. The molecule has 0 bridgehead atoms. The fourth-order valence-corrected chi connectivity index (χ4v) is 3.74. The van der Waals surface area contributed by atoms with Gasteiger partial charge in [-0.3, -0.25) is 9.69 Å². The molecular weight excluding hydrogens is 356 g/mol. The summed E-state index contributed by atoms with van der Waals surface area (Å²) in [7, 11) is 0. The third-order valence-corrected chi connectivity index (χ3v) is 5.31. The van der Waals surface area contributed by atoms with E-state index in [4.69, 9.17) is 4.42 Å². The number of hydrogen-bond donors (Lipinski definition) is 1. The van der Waals surface area contributed by atoms with Gasteiger partial charge in [-0.2, -0.15) is 0 Å². The maximum Gasteiger partial charge on any atom is 0.346 e. The van der Waals surface area contributed by atoms with Crippen LogP contribution in [0.2, 0.25) is 0 Å². The Morgan fingerprint density at radius 3 is 2.64 bits per heavy atom. The first-order valence-corrected chi connectivity index (χ1v) is 9.63. The highest BCUT2D eigenvalue weighted by Crippen LogP contribution is 2.25. The number of aromatic nitrogens is 1. The lowest BCUT2D eigenvalue weighted by Gasteiger charge is -2.33. The Labute approximate surface area is 162 Å². The van der Waals surface area contributed by atoms with Crippen LogP contribution < -0.4 is 10.9 Å². The number of para-hydroxylation sites is 1. The van der Waals surface area contributed by atoms with E-state index >= 15 is 0 Å². The standard InChI is InChI=1S/C21H24N4O3/c1-3-24-8-10-25(11-9-24)13-18(26)22-17-12-14(2)19-20(23-17)15-6-4-5-7-16(15)28-21(19)27/h4-7,12H,3,8-11,13H2,1-2H3,(H,22,23,26). The molecule has 1 amide bonds. The molecule has 4 rings (SSSR count). The molecule has 0 saturated carbocycles. The highest BCUT2D eigenvalue weighted by molar-refractivity contribution is 6.04. The van der Waals surface area contributed by atoms with Crippen LogP contribution in [0, 0.1) is 6.92 Å². The minimum absolute atomic E-state index is 0.0940. The number of piperazine rings is 1. The molecule has 1 N–H and O–H groups in total. The quantitative estimate of drug-likeness (QED) is 0.552. The number of nitrogens with zero attached hydrogens (tertiary/aromatic N) is 3. The number of aryl methyl sites for hydroxylation is 1. The zero-order valence-corrected chi connectivity index (χ0v) is 16.2. The van der Waals surface area contributed by atoms with Gasteiger partial charge in [0, 0.05) is 31.6 Å². The molecule has 0 spiro atoms. The molecule has 0 atom stereocenters. The summed E-state index contributed by atoms with van der Waals surface area (Å²) in [6.07, 6.45) is 0. The minimum Gasteiger partial charge on any atom is -0.422 e. The van der Waals surface area contributed by atoms with E-state index in [0.717, 1.165) is 43.7 Å². The normalized spacial score (nSPS) is 15.9. The molecule has 7 heteroatoms. The summed E-state index contributed by atoms with van der Waals surface area (Å²) in [6.45, 7) is 9.11. The number of benzene rings is 1. The van der Waals surface area contributed by atoms with Gasteiger partial charge in [0.05, 0.1) is 17.4 Å². The number of carbonyl (C=O) groups excluding carboxylic acids is 1. The van der Waals surface area contributed by atoms with Gasteiger partial charge in [-0.05, 0) is 37.2 Å². The zero-order chi connectivity index (χ0) is 19.7. The predicted molar refractivity (Wildman–Crippen MR) is 110 cm³/mol. The zero-order valence-electron chi connectivity index (χ0n) is 16.2. The number of likely N-dealkylation sites (N-methyl/N-ethyl adjacent to an activating group) is 1. The minimum atomic E-state index is -0.412. The van der Waals surface area contributed by atoms with Crippen LogP contribution >= 0.6 is 0 Å². The molecule has 1 saturated heterocycles. The lowest BCUT2D eigenvalue weighted by Crippen LogP contribution is -2.48. The molecule has 0 aliphatic carbocycles. The van der Waals surface area contributed by atoms with Gasteiger partial charge in [-0.15, -0.1) is 0 Å². The van der Waals surface area contributed by atoms with E-state index in [1.807, 2.05) is 25.1 Å². The van der Waals surface area contributed by atoms with E-state index in [-0.39, 0.29) is 5.91 Å². The maximum absolute atomic E-state index is 12.5. The maximum atomic E-state index is 12.5. The van der Waals surface area contributed by atoms with Crippen molar-refractivity contribution in [2.75, 3.05) is 44.6 Å². The number of rotatable bonds is 4. The molecule has 1 aliphatic heterocycles. The number of hydrogen-bond acceptors (Lipinski definition) is 6. The van der Waals surface area contributed by atoms with Crippen LogP contribution in [-0.4, -0.2) is 60.0 Å². The van der Waals surface area contributed by atoms with Crippen molar-refractivity contribution in [2.45, 2.75) is 13.8 Å². The fourth-order valence-electron chi connectivity index (χ4n) is 3.74. The summed E-state index contributed by atoms with van der Waals surface area (Å²) in [5, 5.41) is 4.10. The van der Waals surface area contributed by atoms with Crippen LogP contribution in [0.25, 0.3) is 21.9 Å². The van der Waals surface area contributed by atoms with Crippen molar-refractivity contribution in [3.05, 3.63) is 46.3 Å². The molecule has 3 aromatic rings. The van der Waals surface area contributed by atoms with Crippen molar-refractivity contribution < 1.29 is 9.21 Å². The van der Waals surface area contributed by atoms with E-state index in [0.29, 0.717) is 28.8 Å². The van der Waals surface area contributed by atoms with E-state index in [1.165, 1.54) is 0 Å². The second kappa shape index (κ2) is 7.69. The van der Waals surface area contributed by atoms with Crippen molar-refractivity contribution in [2.24, 2.45) is 0 Å². The fraction of sp³-hybridized carbons (Fsp3) is 0.381. The Kier molecular flexibility index (Phi) is 5.11. The first-order chi connectivity index (χ1) is 13.5. The van der Waals surface area contributed by atoms with Crippen molar-refractivity contribution in [3.63, 3.8) is 0 Å². The Bertz CT molecular complexity index is 1080. The molecular formula is C21H24N4O3. The van der Waals surface area contributed by atoms with E-state index < -0.39 is 5.63 Å². The Hall–Kier alpha value is -2.77. The Balaban J connectivity index is 1.58. The molecule has 28 heavy (non-hydrogen) atoms. The molecule has 7 nitrogen and oxygen atoms in total. The van der Waals surface area contributed by atoms with Gasteiger partial charge in [0.2, 0.25) is 5.91 Å². The van der Waals surface area contributed by atoms with E-state index in [1.54, 1.807) is 12.1 Å². The lowest BCUT2D eigenvalue weighted by molar-refractivity contribution is -0.117. The van der Waals surface area contributed by atoms with Gasteiger partial charge in [0.15, 0.2) is 0 Å². The molecule has 1 fully saturated rings. The topological polar surface area (TPSA) is 78.7 Å². The van der Waals surface area contributed by atoms with Crippen LogP contribution in [0.1, 0.15) is 12.5 Å². The van der Waals surface area contributed by atoms with Gasteiger partial charge < -0.3 is 14.6 Å². The lowest BCUT2D eigenvalue weighted by atomic mass is 10.1. The molecule has 1 aliphatic rings. The van der Waals surface area contributed by atoms with Crippen LogP contribution in [0.5, 0.6) is 0 Å². The predicted octanol–water partition coefficient (Wildman–Crippen LogP) is 2.23. The SMILES string of the molecule is CCN1CCN(CC(=O)Nc2cc(C)c3c(=O)oc4ccccc4c3n2)CC1. The number of carbonyl (C=O) groups is 1. The van der Waals surface area contributed by atoms with Gasteiger partial charge in [-0.1, -0.05) is 19.1 Å². The monoisotopic (exact) mass is 380 g/mol. The first kappa shape index (κ1) is 18.6. The van der Waals surface area contributed by atoms with Crippen molar-refractivity contribution in [1.29, 1.82) is 0 Å². The van der Waals surface area contributed by atoms with Crippen LogP contribution in [0.3, 0.4) is 0 Å². The molecule has 1 aromatic carbocycles. The summed E-state index contributed by atoms with van der Waals surface area (Å²) in [5.74, 6) is 0.362. The first-order valence-electron chi connectivity index (χ1n) is 9.63. The van der Waals surface area contributed by atoms with Gasteiger partial charge in [-0.25, -0.2) is 9.78 Å². The second-order valence-electron chi connectivity index (χ2n) is 7.19. The van der Waals surface area contributed by atoms with Crippen molar-refractivity contribution in [1.82, 2.24) is 14.8 Å². The van der Waals surface area contributed by atoms with Gasteiger partial charge in [0.1, 0.15) is 11.4 Å². The smallest absolute Gasteiger partial charge is 0.346 e. The number of amides is 1. The number of nitrogens with one attached hydrogen (secondary N) is 1. The van der Waals surface area contributed by atoms with Crippen molar-refractivity contribution >= 4 is 33.6 Å². The summed E-state index contributed by atoms with van der Waals surface area (Å²) < 4.78 is 5.40.